The van der Waals surface area contributed by atoms with Gasteiger partial charge in [-0.25, -0.2) is 4.99 Å². The zero-order valence-corrected chi connectivity index (χ0v) is 12.2. The lowest BCUT2D eigenvalue weighted by Gasteiger charge is -2.11. The van der Waals surface area contributed by atoms with Gasteiger partial charge in [0.05, 0.1) is 12.0 Å². The molecular formula is C13H19BrN2O. The number of rotatable bonds is 5. The lowest BCUT2D eigenvalue weighted by Crippen LogP contribution is -2.16. The molecule has 1 aromatic carbocycles. The number of benzene rings is 1. The van der Waals surface area contributed by atoms with Gasteiger partial charge in [-0.3, -0.25) is 0 Å². The van der Waals surface area contributed by atoms with Gasteiger partial charge < -0.3 is 10.0 Å². The summed E-state index contributed by atoms with van der Waals surface area (Å²) >= 11 is 3.41. The van der Waals surface area contributed by atoms with Gasteiger partial charge in [0.25, 0.3) is 0 Å². The van der Waals surface area contributed by atoms with Crippen LogP contribution >= 0.6 is 15.9 Å². The monoisotopic (exact) mass is 298 g/mol. The molecule has 0 aromatic heterocycles. The van der Waals surface area contributed by atoms with Crippen molar-refractivity contribution in [1.82, 2.24) is 4.90 Å². The molecule has 0 unspecified atom stereocenters. The molecule has 0 amide bonds. The quantitative estimate of drug-likeness (QED) is 0.664. The average molecular weight is 299 g/mol. The van der Waals surface area contributed by atoms with Crippen LogP contribution in [-0.2, 0) is 6.42 Å². The van der Waals surface area contributed by atoms with Crippen molar-refractivity contribution < 1.29 is 5.11 Å². The van der Waals surface area contributed by atoms with Crippen LogP contribution in [0.25, 0.3) is 0 Å². The van der Waals surface area contributed by atoms with Crippen LogP contribution in [0, 0.1) is 0 Å². The zero-order chi connectivity index (χ0) is 12.8. The SMILES string of the molecule is CCCN(C)C=Nc1cc(CC)c(O)cc1Br. The number of hydrogen-bond donors (Lipinski definition) is 1. The van der Waals surface area contributed by atoms with Crippen LogP contribution in [0.2, 0.25) is 0 Å². The van der Waals surface area contributed by atoms with Crippen molar-refractivity contribution >= 4 is 28.0 Å². The predicted octanol–water partition coefficient (Wildman–Crippen LogP) is 3.72. The fraction of sp³-hybridized carbons (Fsp3) is 0.462. The Morgan fingerprint density at radius 3 is 2.71 bits per heavy atom. The van der Waals surface area contributed by atoms with Gasteiger partial charge in [-0.15, -0.1) is 0 Å². The number of phenols is 1. The summed E-state index contributed by atoms with van der Waals surface area (Å²) in [6.07, 6.45) is 3.71. The molecule has 0 saturated carbocycles. The van der Waals surface area contributed by atoms with Gasteiger partial charge in [-0.05, 0) is 46.5 Å². The van der Waals surface area contributed by atoms with Crippen molar-refractivity contribution in [2.45, 2.75) is 26.7 Å². The molecular weight excluding hydrogens is 280 g/mol. The topological polar surface area (TPSA) is 35.8 Å². The molecule has 0 radical (unpaired) electrons. The molecule has 1 rings (SSSR count). The summed E-state index contributed by atoms with van der Waals surface area (Å²) < 4.78 is 0.813. The second-order valence-electron chi connectivity index (χ2n) is 4.01. The van der Waals surface area contributed by atoms with E-state index in [-0.39, 0.29) is 0 Å². The Morgan fingerprint density at radius 2 is 2.12 bits per heavy atom. The molecule has 0 bridgehead atoms. The van der Waals surface area contributed by atoms with E-state index in [0.29, 0.717) is 5.75 Å². The molecule has 1 N–H and O–H groups in total. The van der Waals surface area contributed by atoms with Crippen LogP contribution in [0.1, 0.15) is 25.8 Å². The third-order valence-electron chi connectivity index (χ3n) is 2.50. The minimum absolute atomic E-state index is 0.320. The Kier molecular flexibility index (Phi) is 5.48. The largest absolute Gasteiger partial charge is 0.508 e. The van der Waals surface area contributed by atoms with E-state index in [1.807, 2.05) is 31.3 Å². The highest BCUT2D eigenvalue weighted by molar-refractivity contribution is 9.10. The lowest BCUT2D eigenvalue weighted by molar-refractivity contribution is 0.468. The van der Waals surface area contributed by atoms with E-state index in [2.05, 4.69) is 27.8 Å². The van der Waals surface area contributed by atoms with E-state index in [4.69, 9.17) is 0 Å². The number of aromatic hydroxyl groups is 1. The summed E-state index contributed by atoms with van der Waals surface area (Å²) in [5.41, 5.74) is 1.76. The van der Waals surface area contributed by atoms with Gasteiger partial charge in [-0.2, -0.15) is 0 Å². The number of nitrogens with zero attached hydrogens (tertiary/aromatic N) is 2. The van der Waals surface area contributed by atoms with Crippen LogP contribution in [0.4, 0.5) is 5.69 Å². The molecule has 94 valence electrons. The summed E-state index contributed by atoms with van der Waals surface area (Å²) in [6, 6.07) is 3.61. The average Bonchev–Trinajstić information content (AvgIpc) is 2.28. The van der Waals surface area contributed by atoms with E-state index < -0.39 is 0 Å². The summed E-state index contributed by atoms with van der Waals surface area (Å²) in [7, 11) is 2.00. The fourth-order valence-corrected chi connectivity index (χ4v) is 1.98. The maximum atomic E-state index is 9.69. The lowest BCUT2D eigenvalue weighted by atomic mass is 10.1. The molecule has 1 aromatic rings. The second-order valence-corrected chi connectivity index (χ2v) is 4.87. The Bertz CT molecular complexity index is 405. The number of aliphatic imine (C=N–C) groups is 1. The van der Waals surface area contributed by atoms with Crippen LogP contribution in [0.15, 0.2) is 21.6 Å². The van der Waals surface area contributed by atoms with Crippen LogP contribution in [0.5, 0.6) is 5.75 Å². The van der Waals surface area contributed by atoms with E-state index in [1.54, 1.807) is 6.07 Å². The third-order valence-corrected chi connectivity index (χ3v) is 3.13. The third kappa shape index (κ3) is 4.04. The maximum absolute atomic E-state index is 9.69. The molecule has 3 nitrogen and oxygen atoms in total. The number of aryl methyl sites for hydroxylation is 1. The fourth-order valence-electron chi connectivity index (χ4n) is 1.55. The standard InChI is InChI=1S/C13H19BrN2O/c1-4-6-16(3)9-15-12-7-10(5-2)13(17)8-11(12)14/h7-9,17H,4-6H2,1-3H3. The summed E-state index contributed by atoms with van der Waals surface area (Å²) in [5, 5.41) is 9.69. The molecule has 0 saturated heterocycles. The minimum Gasteiger partial charge on any atom is -0.508 e. The first kappa shape index (κ1) is 14.0. The smallest absolute Gasteiger partial charge is 0.120 e. The van der Waals surface area contributed by atoms with E-state index in [1.165, 1.54) is 0 Å². The molecule has 0 fully saturated rings. The van der Waals surface area contributed by atoms with Gasteiger partial charge in [0.1, 0.15) is 5.75 Å². The molecule has 4 heteroatoms. The maximum Gasteiger partial charge on any atom is 0.120 e. The Labute approximate surface area is 111 Å². The Morgan fingerprint density at radius 1 is 1.41 bits per heavy atom. The van der Waals surface area contributed by atoms with Crippen molar-refractivity contribution in [3.05, 3.63) is 22.2 Å². The van der Waals surface area contributed by atoms with E-state index >= 15 is 0 Å². The van der Waals surface area contributed by atoms with Gasteiger partial charge in [-0.1, -0.05) is 13.8 Å². The highest BCUT2D eigenvalue weighted by Gasteiger charge is 2.05. The van der Waals surface area contributed by atoms with Crippen molar-refractivity contribution in [2.75, 3.05) is 13.6 Å². The van der Waals surface area contributed by atoms with Crippen molar-refractivity contribution in [1.29, 1.82) is 0 Å². The summed E-state index contributed by atoms with van der Waals surface area (Å²) in [4.78, 5) is 6.46. The van der Waals surface area contributed by atoms with E-state index in [0.717, 1.165) is 35.1 Å². The van der Waals surface area contributed by atoms with Crippen LogP contribution < -0.4 is 0 Å². The van der Waals surface area contributed by atoms with E-state index in [9.17, 15) is 5.11 Å². The minimum atomic E-state index is 0.320. The van der Waals surface area contributed by atoms with Gasteiger partial charge >= 0.3 is 0 Å². The first-order chi connectivity index (χ1) is 8.08. The highest BCUT2D eigenvalue weighted by Crippen LogP contribution is 2.32. The highest BCUT2D eigenvalue weighted by atomic mass is 79.9. The first-order valence-electron chi connectivity index (χ1n) is 5.84. The molecule has 0 atom stereocenters. The van der Waals surface area contributed by atoms with Crippen LogP contribution in [0.3, 0.4) is 0 Å². The molecule has 0 aliphatic carbocycles. The second kappa shape index (κ2) is 6.64. The van der Waals surface area contributed by atoms with Crippen molar-refractivity contribution in [3.63, 3.8) is 0 Å². The molecule has 17 heavy (non-hydrogen) atoms. The Balaban J connectivity index is 2.90. The molecule has 0 heterocycles. The predicted molar refractivity (Wildman–Crippen MR) is 76.3 cm³/mol. The van der Waals surface area contributed by atoms with Gasteiger partial charge in [0.2, 0.25) is 0 Å². The number of halogens is 1. The van der Waals surface area contributed by atoms with Gasteiger partial charge in [0.15, 0.2) is 0 Å². The zero-order valence-electron chi connectivity index (χ0n) is 10.6. The molecule has 0 aliphatic heterocycles. The number of phenolic OH excluding ortho intramolecular Hbond substituents is 1. The first-order valence-corrected chi connectivity index (χ1v) is 6.63. The number of hydrogen-bond acceptors (Lipinski definition) is 2. The summed E-state index contributed by atoms with van der Waals surface area (Å²) in [6.45, 7) is 5.13. The van der Waals surface area contributed by atoms with Crippen molar-refractivity contribution in [3.8, 4) is 5.75 Å². The normalized spacial score (nSPS) is 11.1. The van der Waals surface area contributed by atoms with Gasteiger partial charge in [0, 0.05) is 18.1 Å². The molecule has 0 aliphatic rings. The van der Waals surface area contributed by atoms with Crippen molar-refractivity contribution in [2.24, 2.45) is 4.99 Å². The Hall–Kier alpha value is -1.03. The summed E-state index contributed by atoms with van der Waals surface area (Å²) in [5.74, 6) is 0.320. The van der Waals surface area contributed by atoms with Crippen LogP contribution in [-0.4, -0.2) is 29.9 Å². The molecule has 0 spiro atoms.